The molecular weight excluding hydrogens is 235 g/mol. The van der Waals surface area contributed by atoms with Crippen molar-refractivity contribution in [1.82, 2.24) is 10.2 Å². The van der Waals surface area contributed by atoms with Crippen LogP contribution >= 0.6 is 27.5 Å². The van der Waals surface area contributed by atoms with Crippen molar-refractivity contribution in [1.29, 1.82) is 0 Å². The van der Waals surface area contributed by atoms with Gasteiger partial charge in [0.1, 0.15) is 10.2 Å². The van der Waals surface area contributed by atoms with E-state index in [1.807, 2.05) is 0 Å². The van der Waals surface area contributed by atoms with Crippen molar-refractivity contribution >= 4 is 33.5 Å². The molecule has 6 heteroatoms. The van der Waals surface area contributed by atoms with Crippen LogP contribution in [0.4, 0.5) is 0 Å². The maximum Gasteiger partial charge on any atom is 0.340 e. The quantitative estimate of drug-likeness (QED) is 0.771. The fraction of sp³-hybridized carbons (Fsp3) is 0.200. The van der Waals surface area contributed by atoms with E-state index >= 15 is 0 Å². The summed E-state index contributed by atoms with van der Waals surface area (Å²) in [4.78, 5) is 10.5. The summed E-state index contributed by atoms with van der Waals surface area (Å²) in [5, 5.41) is 14.7. The van der Waals surface area contributed by atoms with E-state index in [1.54, 1.807) is 0 Å². The number of aromatic amines is 1. The zero-order valence-electron chi connectivity index (χ0n) is 5.27. The molecule has 0 aliphatic rings. The molecule has 0 aliphatic heterocycles. The van der Waals surface area contributed by atoms with Gasteiger partial charge in [0, 0.05) is 0 Å². The van der Waals surface area contributed by atoms with Crippen molar-refractivity contribution in [3.63, 3.8) is 0 Å². The molecule has 1 heterocycles. The van der Waals surface area contributed by atoms with Crippen LogP contribution in [0.5, 0.6) is 0 Å². The molecule has 60 valence electrons. The van der Waals surface area contributed by atoms with Gasteiger partial charge in [0.2, 0.25) is 0 Å². The normalized spacial score (nSPS) is 10.0. The lowest BCUT2D eigenvalue weighted by molar-refractivity contribution is 0.0695. The Hall–Kier alpha value is -0.550. The molecule has 0 aliphatic carbocycles. The van der Waals surface area contributed by atoms with Gasteiger partial charge in [-0.3, -0.25) is 5.10 Å². The Balaban J connectivity index is 3.17. The van der Waals surface area contributed by atoms with Gasteiger partial charge in [-0.2, -0.15) is 5.10 Å². The third kappa shape index (κ3) is 1.54. The minimum Gasteiger partial charge on any atom is -0.478 e. The first-order valence-electron chi connectivity index (χ1n) is 2.68. The molecule has 0 fully saturated rings. The van der Waals surface area contributed by atoms with Crippen molar-refractivity contribution in [2.45, 2.75) is 5.88 Å². The first-order chi connectivity index (χ1) is 5.16. The summed E-state index contributed by atoms with van der Waals surface area (Å²) in [5.74, 6) is -0.929. The Kier molecular flexibility index (Phi) is 2.51. The fourth-order valence-corrected chi connectivity index (χ4v) is 1.36. The highest BCUT2D eigenvalue weighted by Crippen LogP contribution is 2.18. The fourth-order valence-electron chi connectivity index (χ4n) is 0.667. The largest absolute Gasteiger partial charge is 0.478 e. The molecule has 11 heavy (non-hydrogen) atoms. The zero-order chi connectivity index (χ0) is 8.43. The number of halogens is 2. The Bertz CT molecular complexity index is 286. The number of carboxylic acid groups (broad SMARTS) is 1. The lowest BCUT2D eigenvalue weighted by Gasteiger charge is -1.91. The van der Waals surface area contributed by atoms with E-state index in [0.717, 1.165) is 0 Å². The van der Waals surface area contributed by atoms with Gasteiger partial charge in [-0.25, -0.2) is 4.79 Å². The van der Waals surface area contributed by atoms with Crippen LogP contribution < -0.4 is 0 Å². The number of H-pyrrole nitrogens is 1. The van der Waals surface area contributed by atoms with Gasteiger partial charge >= 0.3 is 5.97 Å². The second kappa shape index (κ2) is 3.23. The lowest BCUT2D eigenvalue weighted by atomic mass is 10.3. The zero-order valence-corrected chi connectivity index (χ0v) is 7.61. The highest BCUT2D eigenvalue weighted by molar-refractivity contribution is 9.10. The Morgan fingerprint density at radius 1 is 1.82 bits per heavy atom. The van der Waals surface area contributed by atoms with Crippen LogP contribution in [0.15, 0.2) is 4.60 Å². The van der Waals surface area contributed by atoms with Crippen molar-refractivity contribution in [2.75, 3.05) is 0 Å². The van der Waals surface area contributed by atoms with Gasteiger partial charge in [-0.1, -0.05) is 0 Å². The average molecular weight is 239 g/mol. The van der Waals surface area contributed by atoms with Gasteiger partial charge in [0.25, 0.3) is 0 Å². The van der Waals surface area contributed by atoms with Crippen molar-refractivity contribution in [3.05, 3.63) is 15.9 Å². The van der Waals surface area contributed by atoms with E-state index in [1.165, 1.54) is 0 Å². The molecule has 0 unspecified atom stereocenters. The van der Waals surface area contributed by atoms with Crippen LogP contribution in [0.3, 0.4) is 0 Å². The number of hydrogen-bond donors (Lipinski definition) is 2. The molecule has 1 aromatic heterocycles. The van der Waals surface area contributed by atoms with Gasteiger partial charge in [-0.15, -0.1) is 11.6 Å². The predicted molar refractivity (Wildman–Crippen MR) is 42.8 cm³/mol. The highest BCUT2D eigenvalue weighted by atomic mass is 79.9. The van der Waals surface area contributed by atoms with Gasteiger partial charge < -0.3 is 5.11 Å². The molecule has 4 nitrogen and oxygen atoms in total. The summed E-state index contributed by atoms with van der Waals surface area (Å²) in [6.07, 6.45) is 0. The predicted octanol–water partition coefficient (Wildman–Crippen LogP) is 1.61. The minimum absolute atomic E-state index is 0.0972. The molecule has 2 N–H and O–H groups in total. The van der Waals surface area contributed by atoms with Crippen LogP contribution in [-0.2, 0) is 5.88 Å². The van der Waals surface area contributed by atoms with Crippen LogP contribution in [0.2, 0.25) is 0 Å². The van der Waals surface area contributed by atoms with E-state index in [2.05, 4.69) is 26.1 Å². The number of carbonyl (C=O) groups is 1. The smallest absolute Gasteiger partial charge is 0.340 e. The number of nitrogens with one attached hydrogen (secondary N) is 1. The van der Waals surface area contributed by atoms with Crippen molar-refractivity contribution in [2.24, 2.45) is 0 Å². The number of carboxylic acids is 1. The topological polar surface area (TPSA) is 66.0 Å². The maximum absolute atomic E-state index is 10.5. The van der Waals surface area contributed by atoms with Crippen LogP contribution in [0, 0.1) is 0 Å². The number of nitrogens with zero attached hydrogens (tertiary/aromatic N) is 1. The molecule has 0 amide bonds. The van der Waals surface area contributed by atoms with E-state index in [0.29, 0.717) is 5.69 Å². The van der Waals surface area contributed by atoms with Crippen LogP contribution in [0.1, 0.15) is 16.1 Å². The summed E-state index contributed by atoms with van der Waals surface area (Å²) in [5.41, 5.74) is 0.506. The monoisotopic (exact) mass is 238 g/mol. The third-order valence-electron chi connectivity index (χ3n) is 1.14. The molecule has 0 aromatic carbocycles. The average Bonchev–Trinajstić information content (AvgIpc) is 2.30. The SMILES string of the molecule is O=C(O)c1c(Br)n[nH]c1CCl. The van der Waals surface area contributed by atoms with E-state index in [9.17, 15) is 4.79 Å². The Morgan fingerprint density at radius 3 is 2.82 bits per heavy atom. The third-order valence-corrected chi connectivity index (χ3v) is 1.99. The van der Waals surface area contributed by atoms with Crippen LogP contribution in [0.25, 0.3) is 0 Å². The van der Waals surface area contributed by atoms with Crippen molar-refractivity contribution in [3.8, 4) is 0 Å². The molecule has 1 rings (SSSR count). The number of hydrogen-bond acceptors (Lipinski definition) is 2. The summed E-state index contributed by atoms with van der Waals surface area (Å²) >= 11 is 8.41. The van der Waals surface area contributed by atoms with Gasteiger partial charge in [0.15, 0.2) is 0 Å². The highest BCUT2D eigenvalue weighted by Gasteiger charge is 2.16. The molecule has 0 atom stereocenters. The molecule has 0 radical (unpaired) electrons. The molecule has 0 saturated carbocycles. The summed E-state index contributed by atoms with van der Waals surface area (Å²) in [7, 11) is 0. The first-order valence-corrected chi connectivity index (χ1v) is 4.01. The second-order valence-electron chi connectivity index (χ2n) is 1.81. The molecular formula is C5H4BrClN2O2. The van der Waals surface area contributed by atoms with E-state index in [4.69, 9.17) is 16.7 Å². The van der Waals surface area contributed by atoms with Gasteiger partial charge in [0.05, 0.1) is 11.6 Å². The first kappa shape index (κ1) is 8.55. The van der Waals surface area contributed by atoms with E-state index < -0.39 is 5.97 Å². The summed E-state index contributed by atoms with van der Waals surface area (Å²) < 4.78 is 0.278. The van der Waals surface area contributed by atoms with Crippen LogP contribution in [-0.4, -0.2) is 21.3 Å². The van der Waals surface area contributed by atoms with Crippen molar-refractivity contribution < 1.29 is 9.90 Å². The maximum atomic E-state index is 10.5. The molecule has 0 spiro atoms. The molecule has 1 aromatic rings. The Labute approximate surface area is 75.7 Å². The molecule has 0 saturated heterocycles. The second-order valence-corrected chi connectivity index (χ2v) is 2.83. The molecule has 0 bridgehead atoms. The standard InChI is InChI=1S/C5H4BrClN2O2/c6-4-3(5(10)11)2(1-7)8-9-4/h1H2,(H,8,9)(H,10,11). The lowest BCUT2D eigenvalue weighted by Crippen LogP contribution is -1.98. The Morgan fingerprint density at radius 2 is 2.45 bits per heavy atom. The minimum atomic E-state index is -1.04. The summed E-state index contributed by atoms with van der Waals surface area (Å²) in [6, 6.07) is 0. The summed E-state index contributed by atoms with van der Waals surface area (Å²) in [6.45, 7) is 0. The number of aromatic nitrogens is 2. The number of alkyl halides is 1. The number of aromatic carboxylic acids is 1. The number of rotatable bonds is 2. The van der Waals surface area contributed by atoms with Gasteiger partial charge in [-0.05, 0) is 15.9 Å². The van der Waals surface area contributed by atoms with E-state index in [-0.39, 0.29) is 16.0 Å².